The highest BCUT2D eigenvalue weighted by Crippen LogP contribution is 2.55. The van der Waals surface area contributed by atoms with E-state index >= 15 is 0 Å². The third-order valence-electron chi connectivity index (χ3n) is 5.15. The fourth-order valence-corrected chi connectivity index (χ4v) is 4.06. The molecule has 4 nitrogen and oxygen atoms in total. The highest BCUT2D eigenvalue weighted by molar-refractivity contribution is 6.00. The molecule has 0 radical (unpaired) electrons. The molecule has 3 atom stereocenters. The lowest BCUT2D eigenvalue weighted by Crippen LogP contribution is -2.48. The smallest absolute Gasteiger partial charge is 0.189 e. The van der Waals surface area contributed by atoms with Crippen LogP contribution in [0.2, 0.25) is 0 Å². The highest BCUT2D eigenvalue weighted by Gasteiger charge is 2.57. The van der Waals surface area contributed by atoms with Gasteiger partial charge in [0.05, 0.1) is 23.9 Å². The third-order valence-corrected chi connectivity index (χ3v) is 5.15. The molecule has 1 aromatic carbocycles. The van der Waals surface area contributed by atoms with Gasteiger partial charge in [-0.2, -0.15) is 15.8 Å². The van der Waals surface area contributed by atoms with E-state index in [1.165, 1.54) is 12.1 Å². The summed E-state index contributed by atoms with van der Waals surface area (Å²) in [5.41, 5.74) is -0.353. The van der Waals surface area contributed by atoms with Crippen molar-refractivity contribution in [2.24, 2.45) is 17.3 Å². The van der Waals surface area contributed by atoms with E-state index < -0.39 is 23.1 Å². The maximum atomic E-state index is 13.3. The number of hydrogen-bond donors (Lipinski definition) is 1. The van der Waals surface area contributed by atoms with Crippen LogP contribution < -0.4 is 0 Å². The van der Waals surface area contributed by atoms with E-state index in [0.29, 0.717) is 5.56 Å². The number of rotatable bonds is 1. The van der Waals surface area contributed by atoms with Gasteiger partial charge in [0.1, 0.15) is 11.7 Å². The molecule has 3 rings (SSSR count). The number of nitrogens with zero attached hydrogens (tertiary/aromatic N) is 3. The van der Waals surface area contributed by atoms with Crippen molar-refractivity contribution < 1.29 is 4.39 Å². The summed E-state index contributed by atoms with van der Waals surface area (Å²) >= 11 is 0. The van der Waals surface area contributed by atoms with Crippen molar-refractivity contribution in [1.82, 2.24) is 0 Å². The fourth-order valence-electron chi connectivity index (χ4n) is 4.06. The Morgan fingerprint density at radius 3 is 2.38 bits per heavy atom. The van der Waals surface area contributed by atoms with Crippen molar-refractivity contribution >= 4 is 5.71 Å². The van der Waals surface area contributed by atoms with Gasteiger partial charge in [0.2, 0.25) is 0 Å². The molecule has 0 bridgehead atoms. The zero-order valence-electron chi connectivity index (χ0n) is 13.0. The molecular formula is C19H15FN4. The van der Waals surface area contributed by atoms with Crippen molar-refractivity contribution in [3.05, 3.63) is 47.3 Å². The first-order chi connectivity index (χ1) is 11.6. The van der Waals surface area contributed by atoms with E-state index in [-0.39, 0.29) is 11.6 Å². The molecule has 2 aliphatic rings. The molecule has 118 valence electrons. The van der Waals surface area contributed by atoms with Gasteiger partial charge in [-0.25, -0.2) is 4.39 Å². The molecule has 1 N–H and O–H groups in total. The Kier molecular flexibility index (Phi) is 3.92. The first-order valence-corrected chi connectivity index (χ1v) is 7.85. The number of nitrogens with one attached hydrogen (secondary N) is 1. The third kappa shape index (κ3) is 2.12. The molecule has 24 heavy (non-hydrogen) atoms. The van der Waals surface area contributed by atoms with Crippen LogP contribution in [0, 0.1) is 62.5 Å². The number of nitriles is 3. The number of fused-ring (bicyclic) bond motifs is 1. The second-order valence-corrected chi connectivity index (χ2v) is 6.28. The summed E-state index contributed by atoms with van der Waals surface area (Å²) in [4.78, 5) is 0. The summed E-state index contributed by atoms with van der Waals surface area (Å²) in [7, 11) is 0. The maximum Gasteiger partial charge on any atom is 0.189 e. The lowest BCUT2D eigenvalue weighted by Gasteiger charge is -2.45. The van der Waals surface area contributed by atoms with Crippen LogP contribution in [-0.4, -0.2) is 5.71 Å². The van der Waals surface area contributed by atoms with Crippen molar-refractivity contribution in [2.45, 2.75) is 25.2 Å². The first-order valence-electron chi connectivity index (χ1n) is 7.85. The van der Waals surface area contributed by atoms with Gasteiger partial charge in [-0.15, -0.1) is 0 Å². The predicted molar refractivity (Wildman–Crippen MR) is 85.1 cm³/mol. The highest BCUT2D eigenvalue weighted by atomic mass is 19.1. The minimum Gasteiger partial charge on any atom is -0.305 e. The molecule has 0 spiro atoms. The Morgan fingerprint density at radius 1 is 1.12 bits per heavy atom. The Balaban J connectivity index is 2.24. The molecule has 5 heteroatoms. The van der Waals surface area contributed by atoms with Crippen LogP contribution in [0.1, 0.15) is 30.7 Å². The SMILES string of the molecule is N#C[C@@H]1C(=N)C(C#N)(C#N)[C@@H](c2ccc(F)cc2)[C@H]2CCCC=C12. The van der Waals surface area contributed by atoms with Gasteiger partial charge >= 0.3 is 0 Å². The molecule has 1 aromatic rings. The summed E-state index contributed by atoms with van der Waals surface area (Å²) in [6.45, 7) is 0. The van der Waals surface area contributed by atoms with Gasteiger partial charge < -0.3 is 5.41 Å². The van der Waals surface area contributed by atoms with Gasteiger partial charge in [-0.3, -0.25) is 0 Å². The van der Waals surface area contributed by atoms with E-state index in [1.54, 1.807) is 12.1 Å². The minimum absolute atomic E-state index is 0.151. The second-order valence-electron chi connectivity index (χ2n) is 6.28. The van der Waals surface area contributed by atoms with Crippen LogP contribution >= 0.6 is 0 Å². The zero-order chi connectivity index (χ0) is 17.3. The molecule has 1 saturated carbocycles. The predicted octanol–water partition coefficient (Wildman–Crippen LogP) is 3.84. The van der Waals surface area contributed by atoms with Crippen LogP contribution in [0.25, 0.3) is 0 Å². The first kappa shape index (κ1) is 15.9. The van der Waals surface area contributed by atoms with E-state index in [2.05, 4.69) is 6.07 Å². The standard InChI is InChI=1S/C19H15FN4/c20-13-7-5-12(6-8-13)17-15-4-2-1-3-14(15)16(9-21)18(24)19(17,10-22)11-23/h3,5-8,15-17,24H,1-2,4H2/t15-,16-,17-/m0/s1. The van der Waals surface area contributed by atoms with Gasteiger partial charge in [0.15, 0.2) is 5.41 Å². The molecule has 0 saturated heterocycles. The number of hydrogen-bond acceptors (Lipinski definition) is 4. The Bertz CT molecular complexity index is 818. The van der Waals surface area contributed by atoms with Crippen LogP contribution in [-0.2, 0) is 0 Å². The number of halogens is 1. The monoisotopic (exact) mass is 318 g/mol. The average molecular weight is 318 g/mol. The van der Waals surface area contributed by atoms with Crippen molar-refractivity contribution in [3.63, 3.8) is 0 Å². The van der Waals surface area contributed by atoms with Gasteiger partial charge in [-0.05, 0) is 48.4 Å². The molecule has 0 unspecified atom stereocenters. The van der Waals surface area contributed by atoms with E-state index in [4.69, 9.17) is 5.41 Å². The van der Waals surface area contributed by atoms with Gasteiger partial charge in [-0.1, -0.05) is 18.2 Å². The summed E-state index contributed by atoms with van der Waals surface area (Å²) < 4.78 is 13.3. The average Bonchev–Trinajstić information content (AvgIpc) is 2.62. The summed E-state index contributed by atoms with van der Waals surface area (Å²) in [6, 6.07) is 11.9. The molecule has 0 amide bonds. The van der Waals surface area contributed by atoms with Crippen LogP contribution in [0.3, 0.4) is 0 Å². The van der Waals surface area contributed by atoms with E-state index in [9.17, 15) is 20.2 Å². The van der Waals surface area contributed by atoms with Gasteiger partial charge in [0.25, 0.3) is 0 Å². The van der Waals surface area contributed by atoms with E-state index in [0.717, 1.165) is 24.8 Å². The lowest BCUT2D eigenvalue weighted by molar-refractivity contribution is 0.320. The quantitative estimate of drug-likeness (QED) is 0.797. The number of benzene rings is 1. The molecule has 2 aliphatic carbocycles. The molecule has 0 aliphatic heterocycles. The summed E-state index contributed by atoms with van der Waals surface area (Å²) in [5, 5.41) is 37.5. The topological polar surface area (TPSA) is 95.2 Å². The van der Waals surface area contributed by atoms with Gasteiger partial charge in [0, 0.05) is 5.92 Å². The normalized spacial score (nSPS) is 27.8. The Labute approximate surface area is 140 Å². The Morgan fingerprint density at radius 2 is 1.79 bits per heavy atom. The molecule has 0 heterocycles. The zero-order valence-corrected chi connectivity index (χ0v) is 13.0. The lowest BCUT2D eigenvalue weighted by atomic mass is 9.53. The largest absolute Gasteiger partial charge is 0.305 e. The van der Waals surface area contributed by atoms with Crippen LogP contribution in [0.15, 0.2) is 35.9 Å². The molecule has 1 fully saturated rings. The van der Waals surface area contributed by atoms with Crippen molar-refractivity contribution in [1.29, 1.82) is 21.2 Å². The molecular weight excluding hydrogens is 303 g/mol. The maximum absolute atomic E-state index is 13.3. The van der Waals surface area contributed by atoms with Crippen LogP contribution in [0.4, 0.5) is 4.39 Å². The summed E-state index contributed by atoms with van der Waals surface area (Å²) in [5.74, 6) is -1.93. The molecule has 0 aromatic heterocycles. The van der Waals surface area contributed by atoms with Crippen molar-refractivity contribution in [2.75, 3.05) is 0 Å². The van der Waals surface area contributed by atoms with Crippen LogP contribution in [0.5, 0.6) is 0 Å². The number of allylic oxidation sites excluding steroid dienone is 2. The fraction of sp³-hybridized carbons (Fsp3) is 0.368. The van der Waals surface area contributed by atoms with E-state index in [1.807, 2.05) is 18.2 Å². The summed E-state index contributed by atoms with van der Waals surface area (Å²) in [6.07, 6.45) is 4.47. The Hall–Kier alpha value is -2.97. The van der Waals surface area contributed by atoms with Crippen molar-refractivity contribution in [3.8, 4) is 18.2 Å². The second kappa shape index (κ2) is 5.91. The minimum atomic E-state index is -1.70.